The molecule has 4 amide bonds. The Labute approximate surface area is 228 Å². The van der Waals surface area contributed by atoms with Crippen LogP contribution in [0.25, 0.3) is 6.08 Å². The fourth-order valence-electron chi connectivity index (χ4n) is 3.77. The van der Waals surface area contributed by atoms with Crippen LogP contribution in [0.2, 0.25) is 0 Å². The molecule has 0 aromatic heterocycles. The zero-order valence-electron chi connectivity index (χ0n) is 20.8. The Hall–Kier alpha value is -4.31. The Kier molecular flexibility index (Phi) is 8.65. The first-order chi connectivity index (χ1) is 18.4. The molecular weight excluding hydrogens is 554 g/mol. The molecule has 0 aliphatic carbocycles. The van der Waals surface area contributed by atoms with E-state index in [2.05, 4.69) is 26.6 Å². The van der Waals surface area contributed by atoms with Crippen molar-refractivity contribution in [1.29, 1.82) is 0 Å². The van der Waals surface area contributed by atoms with E-state index in [1.54, 1.807) is 36.4 Å². The quantitative estimate of drug-likeness (QED) is 0.259. The van der Waals surface area contributed by atoms with Crippen LogP contribution in [0.5, 0.6) is 17.2 Å². The Morgan fingerprint density at radius 3 is 2.50 bits per heavy atom. The number of nitrogens with zero attached hydrogens (tertiary/aromatic N) is 1. The number of methoxy groups -OCH3 is 1. The van der Waals surface area contributed by atoms with Crippen LogP contribution in [0.3, 0.4) is 0 Å². The molecule has 0 saturated carbocycles. The molecule has 38 heavy (non-hydrogen) atoms. The lowest BCUT2D eigenvalue weighted by molar-refractivity contribution is -0.127. The topological polar surface area (TPSA) is 106 Å². The summed E-state index contributed by atoms with van der Waals surface area (Å²) in [5, 5.41) is 5.19. The Balaban J connectivity index is 1.49. The molecule has 0 atom stereocenters. The van der Waals surface area contributed by atoms with Gasteiger partial charge in [0.25, 0.3) is 5.91 Å². The number of amides is 4. The maximum absolute atomic E-state index is 13.0. The second kappa shape index (κ2) is 12.3. The lowest BCUT2D eigenvalue weighted by atomic mass is 10.1. The number of halogens is 1. The first-order valence-electron chi connectivity index (χ1n) is 11.8. The summed E-state index contributed by atoms with van der Waals surface area (Å²) in [6.45, 7) is 2.15. The molecule has 1 heterocycles. The zero-order valence-corrected chi connectivity index (χ0v) is 22.4. The average molecular weight is 580 g/mol. The third-order valence-corrected chi connectivity index (χ3v) is 6.10. The molecule has 10 heteroatoms. The standard InChI is InChI=1S/C28H26BrN3O6/c1-3-37-24-15-19(13-20(29)26(24)38-17-18-9-5-4-6-10-18)14-22-27(34)32(28(35)31-22)16-25(33)30-21-11-7-8-12-23(21)36-2/h4-15H,3,16-17H2,1-2H3,(H,30,33)(H,31,35)/b22-14+. The van der Waals surface area contributed by atoms with Crippen molar-refractivity contribution in [2.45, 2.75) is 13.5 Å². The van der Waals surface area contributed by atoms with Crippen molar-refractivity contribution in [3.05, 3.63) is 88.0 Å². The van der Waals surface area contributed by atoms with Gasteiger partial charge in [-0.1, -0.05) is 42.5 Å². The highest BCUT2D eigenvalue weighted by molar-refractivity contribution is 9.10. The molecule has 0 spiro atoms. The van der Waals surface area contributed by atoms with E-state index in [9.17, 15) is 14.4 Å². The van der Waals surface area contributed by atoms with Crippen LogP contribution in [0.15, 0.2) is 76.9 Å². The summed E-state index contributed by atoms with van der Waals surface area (Å²) in [6, 6.07) is 19.4. The monoisotopic (exact) mass is 579 g/mol. The van der Waals surface area contributed by atoms with Gasteiger partial charge in [-0.3, -0.25) is 9.59 Å². The Morgan fingerprint density at radius 1 is 1.03 bits per heavy atom. The fourth-order valence-corrected chi connectivity index (χ4v) is 4.34. The van der Waals surface area contributed by atoms with Crippen LogP contribution in [-0.2, 0) is 16.2 Å². The third kappa shape index (κ3) is 6.33. The van der Waals surface area contributed by atoms with Crippen LogP contribution in [0.4, 0.5) is 10.5 Å². The number of carbonyl (C=O) groups excluding carboxylic acids is 3. The molecule has 1 fully saturated rings. The maximum Gasteiger partial charge on any atom is 0.329 e. The van der Waals surface area contributed by atoms with Gasteiger partial charge in [0.15, 0.2) is 11.5 Å². The van der Waals surface area contributed by atoms with Crippen LogP contribution in [-0.4, -0.2) is 43.0 Å². The van der Waals surface area contributed by atoms with E-state index in [1.165, 1.54) is 13.2 Å². The number of anilines is 1. The highest BCUT2D eigenvalue weighted by atomic mass is 79.9. The fraction of sp³-hybridized carbons (Fsp3) is 0.179. The minimum absolute atomic E-state index is 0.0346. The maximum atomic E-state index is 13.0. The lowest BCUT2D eigenvalue weighted by Crippen LogP contribution is -2.38. The molecule has 4 rings (SSSR count). The number of rotatable bonds is 10. The molecule has 0 unspecified atom stereocenters. The number of imide groups is 1. The van der Waals surface area contributed by atoms with Crippen LogP contribution in [0, 0.1) is 0 Å². The van der Waals surface area contributed by atoms with Gasteiger partial charge in [-0.2, -0.15) is 0 Å². The predicted octanol–water partition coefficient (Wildman–Crippen LogP) is 4.97. The van der Waals surface area contributed by atoms with E-state index in [-0.39, 0.29) is 5.70 Å². The number of ether oxygens (including phenoxy) is 3. The van der Waals surface area contributed by atoms with Crippen molar-refractivity contribution >= 4 is 45.5 Å². The molecule has 3 aromatic rings. The first-order valence-corrected chi connectivity index (χ1v) is 12.6. The van der Waals surface area contributed by atoms with Gasteiger partial charge in [-0.05, 0) is 64.3 Å². The molecule has 0 radical (unpaired) electrons. The van der Waals surface area contributed by atoms with Gasteiger partial charge in [0, 0.05) is 0 Å². The van der Waals surface area contributed by atoms with Crippen molar-refractivity contribution in [1.82, 2.24) is 10.2 Å². The van der Waals surface area contributed by atoms with Gasteiger partial charge < -0.3 is 24.8 Å². The number of urea groups is 1. The molecule has 1 saturated heterocycles. The highest BCUT2D eigenvalue weighted by Crippen LogP contribution is 2.38. The Morgan fingerprint density at radius 2 is 1.76 bits per heavy atom. The SMILES string of the molecule is CCOc1cc(/C=C2/NC(=O)N(CC(=O)Nc3ccccc3OC)C2=O)cc(Br)c1OCc1ccccc1. The van der Waals surface area contributed by atoms with Gasteiger partial charge >= 0.3 is 6.03 Å². The van der Waals surface area contributed by atoms with E-state index in [0.717, 1.165) is 10.5 Å². The predicted molar refractivity (Wildman–Crippen MR) is 146 cm³/mol. The molecule has 9 nitrogen and oxygen atoms in total. The molecular formula is C28H26BrN3O6. The number of benzene rings is 3. The van der Waals surface area contributed by atoms with Crippen molar-refractivity contribution in [3.8, 4) is 17.2 Å². The molecule has 1 aliphatic rings. The van der Waals surface area contributed by atoms with E-state index in [1.807, 2.05) is 37.3 Å². The minimum atomic E-state index is -0.691. The number of carbonyl (C=O) groups is 3. The van der Waals surface area contributed by atoms with Crippen LogP contribution >= 0.6 is 15.9 Å². The smallest absolute Gasteiger partial charge is 0.329 e. The summed E-state index contributed by atoms with van der Waals surface area (Å²) in [4.78, 5) is 38.9. The highest BCUT2D eigenvalue weighted by Gasteiger charge is 2.35. The van der Waals surface area contributed by atoms with Crippen molar-refractivity contribution in [3.63, 3.8) is 0 Å². The second-order valence-electron chi connectivity index (χ2n) is 8.17. The van der Waals surface area contributed by atoms with Crippen molar-refractivity contribution in [2.24, 2.45) is 0 Å². The van der Waals surface area contributed by atoms with E-state index >= 15 is 0 Å². The first kappa shape index (κ1) is 26.7. The van der Waals surface area contributed by atoms with Crippen molar-refractivity contribution in [2.75, 3.05) is 25.6 Å². The van der Waals surface area contributed by atoms with Gasteiger partial charge in [-0.15, -0.1) is 0 Å². The van der Waals surface area contributed by atoms with Crippen LogP contribution in [0.1, 0.15) is 18.1 Å². The van der Waals surface area contributed by atoms with Crippen molar-refractivity contribution < 1.29 is 28.6 Å². The normalized spacial score (nSPS) is 13.9. The van der Waals surface area contributed by atoms with Gasteiger partial charge in [0.05, 0.1) is 23.9 Å². The van der Waals surface area contributed by atoms with E-state index in [4.69, 9.17) is 14.2 Å². The summed E-state index contributed by atoms with van der Waals surface area (Å²) < 4.78 is 17.6. The van der Waals surface area contributed by atoms with E-state index in [0.29, 0.717) is 46.2 Å². The molecule has 0 bridgehead atoms. The lowest BCUT2D eigenvalue weighted by Gasteiger charge is -2.15. The molecule has 1 aliphatic heterocycles. The van der Waals surface area contributed by atoms with Gasteiger partial charge in [0.1, 0.15) is 24.6 Å². The summed E-state index contributed by atoms with van der Waals surface area (Å²) in [5.74, 6) is 0.304. The summed E-state index contributed by atoms with van der Waals surface area (Å²) >= 11 is 3.53. The minimum Gasteiger partial charge on any atom is -0.495 e. The largest absolute Gasteiger partial charge is 0.495 e. The third-order valence-electron chi connectivity index (χ3n) is 5.51. The number of nitrogens with one attached hydrogen (secondary N) is 2. The molecule has 2 N–H and O–H groups in total. The summed E-state index contributed by atoms with van der Waals surface area (Å²) in [7, 11) is 1.48. The number of hydrogen-bond acceptors (Lipinski definition) is 6. The Bertz CT molecular complexity index is 1380. The second-order valence-corrected chi connectivity index (χ2v) is 9.02. The number of para-hydroxylation sites is 2. The average Bonchev–Trinajstić information content (AvgIpc) is 3.16. The number of hydrogen-bond donors (Lipinski definition) is 2. The van der Waals surface area contributed by atoms with Gasteiger partial charge in [-0.25, -0.2) is 9.69 Å². The molecule has 3 aromatic carbocycles. The van der Waals surface area contributed by atoms with E-state index < -0.39 is 24.4 Å². The molecule has 196 valence electrons. The summed E-state index contributed by atoms with van der Waals surface area (Å²) in [5.41, 5.74) is 2.07. The summed E-state index contributed by atoms with van der Waals surface area (Å²) in [6.07, 6.45) is 1.52. The van der Waals surface area contributed by atoms with Gasteiger partial charge in [0.2, 0.25) is 5.91 Å². The zero-order chi connectivity index (χ0) is 27.1. The van der Waals surface area contributed by atoms with Crippen LogP contribution < -0.4 is 24.8 Å².